The van der Waals surface area contributed by atoms with Gasteiger partial charge in [-0.1, -0.05) is 22.0 Å². The van der Waals surface area contributed by atoms with Crippen molar-refractivity contribution in [3.8, 4) is 0 Å². The number of rotatable bonds is 3. The average molecular weight is 335 g/mol. The molecule has 5 heteroatoms. The van der Waals surface area contributed by atoms with Crippen LogP contribution in [0.4, 0.5) is 5.69 Å². The minimum absolute atomic E-state index is 0.346. The minimum atomic E-state index is 0.346. The Morgan fingerprint density at radius 3 is 2.95 bits per heavy atom. The normalized spacial score (nSPS) is 16.1. The van der Waals surface area contributed by atoms with E-state index in [1.165, 1.54) is 11.3 Å². The minimum Gasteiger partial charge on any atom is -0.362 e. The fraction of sp³-hybridized carbons (Fsp3) is 0.400. The van der Waals surface area contributed by atoms with Crippen molar-refractivity contribution in [3.05, 3.63) is 46.5 Å². The number of imidazole rings is 1. The van der Waals surface area contributed by atoms with E-state index < -0.39 is 0 Å². The number of aromatic nitrogens is 2. The van der Waals surface area contributed by atoms with E-state index in [2.05, 4.69) is 67.0 Å². The molecule has 2 aromatic rings. The second kappa shape index (κ2) is 5.58. The third-order valence-corrected chi connectivity index (χ3v) is 4.68. The fourth-order valence-electron chi connectivity index (χ4n) is 2.61. The van der Waals surface area contributed by atoms with Gasteiger partial charge < -0.3 is 14.8 Å². The summed E-state index contributed by atoms with van der Waals surface area (Å²) >= 11 is 3.69. The van der Waals surface area contributed by atoms with E-state index in [0.717, 1.165) is 29.9 Å². The molecule has 1 N–H and O–H groups in total. The van der Waals surface area contributed by atoms with Crippen LogP contribution in [0, 0.1) is 0 Å². The molecule has 0 saturated heterocycles. The van der Waals surface area contributed by atoms with Gasteiger partial charge in [-0.3, -0.25) is 0 Å². The number of benzene rings is 1. The Hall–Kier alpha value is -1.33. The van der Waals surface area contributed by atoms with Crippen LogP contribution in [0.5, 0.6) is 0 Å². The summed E-state index contributed by atoms with van der Waals surface area (Å²) in [6.45, 7) is 5.07. The van der Waals surface area contributed by atoms with Gasteiger partial charge in [0.2, 0.25) is 0 Å². The van der Waals surface area contributed by atoms with Gasteiger partial charge in [0.1, 0.15) is 5.82 Å². The van der Waals surface area contributed by atoms with E-state index in [-0.39, 0.29) is 0 Å². The van der Waals surface area contributed by atoms with Crippen LogP contribution in [0.1, 0.15) is 24.4 Å². The molecule has 2 heterocycles. The molecule has 0 bridgehead atoms. The van der Waals surface area contributed by atoms with Crippen molar-refractivity contribution in [2.75, 3.05) is 18.5 Å². The largest absolute Gasteiger partial charge is 0.362 e. The van der Waals surface area contributed by atoms with Gasteiger partial charge in [0.25, 0.3) is 0 Å². The lowest BCUT2D eigenvalue weighted by Gasteiger charge is -2.30. The Balaban J connectivity index is 1.84. The van der Waals surface area contributed by atoms with Crippen LogP contribution in [0.2, 0.25) is 0 Å². The highest BCUT2D eigenvalue weighted by Crippen LogP contribution is 2.29. The molecule has 1 aliphatic heterocycles. The SMILES string of the molecule is CNC(C)c1ccc(N2CCn3ccnc3C2)cc1Br. The molecule has 0 spiro atoms. The number of nitrogens with zero attached hydrogens (tertiary/aromatic N) is 3. The average Bonchev–Trinajstić information content (AvgIpc) is 2.93. The van der Waals surface area contributed by atoms with Gasteiger partial charge >= 0.3 is 0 Å². The van der Waals surface area contributed by atoms with Crippen LogP contribution in [-0.4, -0.2) is 23.1 Å². The maximum atomic E-state index is 4.41. The zero-order valence-corrected chi connectivity index (χ0v) is 13.4. The molecule has 0 fully saturated rings. The summed E-state index contributed by atoms with van der Waals surface area (Å²) in [5.41, 5.74) is 2.54. The first-order valence-electron chi connectivity index (χ1n) is 6.90. The molecule has 1 aromatic heterocycles. The topological polar surface area (TPSA) is 33.1 Å². The maximum absolute atomic E-state index is 4.41. The van der Waals surface area contributed by atoms with Gasteiger partial charge in [-0.25, -0.2) is 4.98 Å². The van der Waals surface area contributed by atoms with Crippen LogP contribution in [0.15, 0.2) is 35.1 Å². The van der Waals surface area contributed by atoms with Crippen LogP contribution >= 0.6 is 15.9 Å². The molecule has 0 aliphatic carbocycles. The molecule has 106 valence electrons. The number of fused-ring (bicyclic) bond motifs is 1. The Kier molecular flexibility index (Phi) is 3.81. The molecule has 1 aliphatic rings. The molecule has 20 heavy (non-hydrogen) atoms. The number of hydrogen-bond acceptors (Lipinski definition) is 3. The van der Waals surface area contributed by atoms with Gasteiger partial charge in [0, 0.05) is 41.7 Å². The number of halogens is 1. The number of hydrogen-bond donors (Lipinski definition) is 1. The number of nitrogens with one attached hydrogen (secondary N) is 1. The van der Waals surface area contributed by atoms with Gasteiger partial charge in [-0.15, -0.1) is 0 Å². The van der Waals surface area contributed by atoms with E-state index in [9.17, 15) is 0 Å². The lowest BCUT2D eigenvalue weighted by Crippen LogP contribution is -2.33. The summed E-state index contributed by atoms with van der Waals surface area (Å²) in [5, 5.41) is 3.27. The third-order valence-electron chi connectivity index (χ3n) is 3.99. The molecule has 3 rings (SSSR count). The molecular weight excluding hydrogens is 316 g/mol. The number of anilines is 1. The lowest BCUT2D eigenvalue weighted by atomic mass is 10.1. The van der Waals surface area contributed by atoms with Crippen LogP contribution in [0.3, 0.4) is 0 Å². The molecule has 0 amide bonds. The van der Waals surface area contributed by atoms with E-state index >= 15 is 0 Å². The third kappa shape index (κ3) is 2.47. The predicted molar refractivity (Wildman–Crippen MR) is 84.9 cm³/mol. The molecule has 4 nitrogen and oxygen atoms in total. The summed E-state index contributed by atoms with van der Waals surface area (Å²) in [6.07, 6.45) is 3.94. The van der Waals surface area contributed by atoms with Crippen molar-refractivity contribution in [2.24, 2.45) is 0 Å². The highest BCUT2D eigenvalue weighted by molar-refractivity contribution is 9.10. The molecule has 0 radical (unpaired) electrons. The first-order valence-corrected chi connectivity index (χ1v) is 7.70. The van der Waals surface area contributed by atoms with Gasteiger partial charge in [0.15, 0.2) is 0 Å². The molecule has 0 saturated carbocycles. The van der Waals surface area contributed by atoms with Crippen molar-refractivity contribution < 1.29 is 0 Å². The molecule has 1 aromatic carbocycles. The standard InChI is InChI=1S/C15H19BrN4/c1-11(17-2)13-4-3-12(9-14(13)16)20-8-7-19-6-5-18-15(19)10-20/h3-6,9,11,17H,7-8,10H2,1-2H3. The summed E-state index contributed by atoms with van der Waals surface area (Å²) in [5.74, 6) is 1.14. The Morgan fingerprint density at radius 1 is 1.35 bits per heavy atom. The van der Waals surface area contributed by atoms with Crippen molar-refractivity contribution in [1.82, 2.24) is 14.9 Å². The fourth-order valence-corrected chi connectivity index (χ4v) is 3.32. The maximum Gasteiger partial charge on any atom is 0.128 e. The Bertz CT molecular complexity index is 608. The van der Waals surface area contributed by atoms with Crippen molar-refractivity contribution >= 4 is 21.6 Å². The Morgan fingerprint density at radius 2 is 2.20 bits per heavy atom. The van der Waals surface area contributed by atoms with Crippen LogP contribution in [-0.2, 0) is 13.1 Å². The van der Waals surface area contributed by atoms with Crippen molar-refractivity contribution in [2.45, 2.75) is 26.1 Å². The van der Waals surface area contributed by atoms with E-state index in [1.54, 1.807) is 0 Å². The van der Waals surface area contributed by atoms with E-state index in [1.807, 2.05) is 13.2 Å². The van der Waals surface area contributed by atoms with Crippen molar-refractivity contribution in [1.29, 1.82) is 0 Å². The first-order chi connectivity index (χ1) is 9.69. The monoisotopic (exact) mass is 334 g/mol. The zero-order valence-electron chi connectivity index (χ0n) is 11.8. The summed E-state index contributed by atoms with van der Waals surface area (Å²) < 4.78 is 3.38. The molecule has 1 atom stereocenters. The van der Waals surface area contributed by atoms with Crippen molar-refractivity contribution in [3.63, 3.8) is 0 Å². The molecular formula is C15H19BrN4. The Labute approximate surface area is 127 Å². The van der Waals surface area contributed by atoms with Crippen LogP contribution < -0.4 is 10.2 Å². The van der Waals surface area contributed by atoms with Gasteiger partial charge in [-0.2, -0.15) is 0 Å². The highest BCUT2D eigenvalue weighted by Gasteiger charge is 2.18. The summed E-state index contributed by atoms with van der Waals surface area (Å²) in [7, 11) is 1.98. The molecule has 1 unspecified atom stereocenters. The summed E-state index contributed by atoms with van der Waals surface area (Å²) in [6, 6.07) is 6.95. The smallest absolute Gasteiger partial charge is 0.128 e. The van der Waals surface area contributed by atoms with E-state index in [0.29, 0.717) is 6.04 Å². The van der Waals surface area contributed by atoms with Crippen LogP contribution in [0.25, 0.3) is 0 Å². The quantitative estimate of drug-likeness (QED) is 0.936. The predicted octanol–water partition coefficient (Wildman–Crippen LogP) is 2.95. The van der Waals surface area contributed by atoms with Gasteiger partial charge in [-0.05, 0) is 31.7 Å². The second-order valence-electron chi connectivity index (χ2n) is 5.17. The first kappa shape index (κ1) is 13.6. The second-order valence-corrected chi connectivity index (χ2v) is 6.03. The highest BCUT2D eigenvalue weighted by atomic mass is 79.9. The van der Waals surface area contributed by atoms with E-state index in [4.69, 9.17) is 0 Å². The summed E-state index contributed by atoms with van der Waals surface area (Å²) in [4.78, 5) is 6.79. The lowest BCUT2D eigenvalue weighted by molar-refractivity contribution is 0.560. The zero-order chi connectivity index (χ0) is 14.1. The van der Waals surface area contributed by atoms with Gasteiger partial charge in [0.05, 0.1) is 6.54 Å².